The third kappa shape index (κ3) is 4.40. The highest BCUT2D eigenvalue weighted by Gasteiger charge is 2.11. The number of carbonyl (C=O) groups excluding carboxylic acids is 1. The summed E-state index contributed by atoms with van der Waals surface area (Å²) in [5, 5.41) is 7.19. The Morgan fingerprint density at radius 3 is 2.85 bits per heavy atom. The summed E-state index contributed by atoms with van der Waals surface area (Å²) >= 11 is 6.05. The highest BCUT2D eigenvalue weighted by Crippen LogP contribution is 2.27. The van der Waals surface area contributed by atoms with Crippen molar-refractivity contribution in [2.75, 3.05) is 12.4 Å². The van der Waals surface area contributed by atoms with Crippen molar-refractivity contribution in [3.05, 3.63) is 58.9 Å². The molecular weight excluding hydrogens is 354 g/mol. The molecule has 7 heteroatoms. The van der Waals surface area contributed by atoms with Crippen molar-refractivity contribution in [3.63, 3.8) is 0 Å². The quantitative estimate of drug-likeness (QED) is 0.699. The van der Waals surface area contributed by atoms with Gasteiger partial charge in [-0.05, 0) is 31.2 Å². The van der Waals surface area contributed by atoms with Gasteiger partial charge >= 0.3 is 0 Å². The summed E-state index contributed by atoms with van der Waals surface area (Å²) < 4.78 is 10.3. The van der Waals surface area contributed by atoms with E-state index in [1.807, 2.05) is 31.2 Å². The van der Waals surface area contributed by atoms with Crippen LogP contribution in [-0.4, -0.2) is 23.2 Å². The van der Waals surface area contributed by atoms with Gasteiger partial charge in [0.2, 0.25) is 17.6 Å². The van der Waals surface area contributed by atoms with E-state index in [9.17, 15) is 4.79 Å². The molecule has 0 radical (unpaired) electrons. The first-order chi connectivity index (χ1) is 12.5. The average Bonchev–Trinajstić information content (AvgIpc) is 3.09. The highest BCUT2D eigenvalue weighted by molar-refractivity contribution is 6.32. The van der Waals surface area contributed by atoms with E-state index in [4.69, 9.17) is 20.9 Å². The first-order valence-electron chi connectivity index (χ1n) is 8.08. The van der Waals surface area contributed by atoms with Gasteiger partial charge in [-0.25, -0.2) is 0 Å². The molecule has 0 bridgehead atoms. The van der Waals surface area contributed by atoms with Crippen LogP contribution in [0, 0.1) is 6.92 Å². The molecule has 0 aliphatic heterocycles. The summed E-state index contributed by atoms with van der Waals surface area (Å²) in [6.07, 6.45) is 0.577. The second kappa shape index (κ2) is 8.01. The fourth-order valence-corrected chi connectivity index (χ4v) is 2.70. The van der Waals surface area contributed by atoms with Crippen molar-refractivity contribution >= 4 is 23.2 Å². The predicted molar refractivity (Wildman–Crippen MR) is 99.4 cm³/mol. The number of halogens is 1. The standard InChI is InChI=1S/C19H18ClN3O3/c1-12-4-3-5-13(10-12)19-22-18(26-23-19)9-8-17(24)21-14-6-7-16(25-2)15(20)11-14/h3-7,10-11H,8-9H2,1-2H3,(H,21,24). The molecule has 26 heavy (non-hydrogen) atoms. The number of ether oxygens (including phenoxy) is 1. The second-order valence-corrected chi connectivity index (χ2v) is 6.19. The molecule has 3 rings (SSSR count). The zero-order valence-electron chi connectivity index (χ0n) is 14.5. The van der Waals surface area contributed by atoms with Crippen molar-refractivity contribution < 1.29 is 14.1 Å². The van der Waals surface area contributed by atoms with Crippen molar-refractivity contribution in [3.8, 4) is 17.1 Å². The van der Waals surface area contributed by atoms with Crippen LogP contribution in [0.15, 0.2) is 47.0 Å². The minimum Gasteiger partial charge on any atom is -0.495 e. The van der Waals surface area contributed by atoms with Crippen LogP contribution < -0.4 is 10.1 Å². The smallest absolute Gasteiger partial charge is 0.227 e. The molecule has 0 atom stereocenters. The Morgan fingerprint density at radius 2 is 2.12 bits per heavy atom. The molecule has 2 aromatic carbocycles. The van der Waals surface area contributed by atoms with Crippen molar-refractivity contribution in [2.45, 2.75) is 19.8 Å². The molecule has 1 N–H and O–H groups in total. The summed E-state index contributed by atoms with van der Waals surface area (Å²) in [5.41, 5.74) is 2.61. The summed E-state index contributed by atoms with van der Waals surface area (Å²) in [6.45, 7) is 2.00. The number of carbonyl (C=O) groups is 1. The predicted octanol–water partition coefficient (Wildman–Crippen LogP) is 4.28. The lowest BCUT2D eigenvalue weighted by Crippen LogP contribution is -2.12. The van der Waals surface area contributed by atoms with E-state index in [1.54, 1.807) is 18.2 Å². The molecule has 0 saturated carbocycles. The Bertz CT molecular complexity index is 924. The number of hydrogen-bond acceptors (Lipinski definition) is 5. The Labute approximate surface area is 156 Å². The van der Waals surface area contributed by atoms with E-state index < -0.39 is 0 Å². The number of rotatable bonds is 6. The summed E-state index contributed by atoms with van der Waals surface area (Å²) in [5.74, 6) is 1.33. The number of anilines is 1. The van der Waals surface area contributed by atoms with Crippen LogP contribution in [0.2, 0.25) is 5.02 Å². The average molecular weight is 372 g/mol. The van der Waals surface area contributed by atoms with Crippen LogP contribution in [0.1, 0.15) is 17.9 Å². The van der Waals surface area contributed by atoms with E-state index in [2.05, 4.69) is 15.5 Å². The zero-order chi connectivity index (χ0) is 18.5. The van der Waals surface area contributed by atoms with E-state index in [0.29, 0.717) is 34.6 Å². The van der Waals surface area contributed by atoms with Gasteiger partial charge in [0, 0.05) is 24.1 Å². The third-order valence-corrected chi connectivity index (χ3v) is 4.04. The Kier molecular flexibility index (Phi) is 5.53. The first kappa shape index (κ1) is 17.9. The molecule has 0 fully saturated rings. The van der Waals surface area contributed by atoms with Gasteiger partial charge in [-0.2, -0.15) is 4.98 Å². The van der Waals surface area contributed by atoms with Crippen LogP contribution in [0.5, 0.6) is 5.75 Å². The molecular formula is C19H18ClN3O3. The van der Waals surface area contributed by atoms with Crippen LogP contribution in [0.3, 0.4) is 0 Å². The number of amides is 1. The van der Waals surface area contributed by atoms with Gasteiger partial charge in [0.15, 0.2) is 0 Å². The molecule has 6 nitrogen and oxygen atoms in total. The van der Waals surface area contributed by atoms with Gasteiger partial charge in [0.1, 0.15) is 5.75 Å². The normalized spacial score (nSPS) is 10.6. The maximum Gasteiger partial charge on any atom is 0.227 e. The monoisotopic (exact) mass is 371 g/mol. The van der Waals surface area contributed by atoms with Gasteiger partial charge in [0.05, 0.1) is 12.1 Å². The first-order valence-corrected chi connectivity index (χ1v) is 8.46. The van der Waals surface area contributed by atoms with Gasteiger partial charge in [-0.1, -0.05) is 40.5 Å². The molecule has 134 valence electrons. The van der Waals surface area contributed by atoms with E-state index >= 15 is 0 Å². The highest BCUT2D eigenvalue weighted by atomic mass is 35.5. The fraction of sp³-hybridized carbons (Fsp3) is 0.211. The largest absolute Gasteiger partial charge is 0.495 e. The molecule has 1 heterocycles. The molecule has 0 spiro atoms. The maximum atomic E-state index is 12.1. The van der Waals surface area contributed by atoms with Gasteiger partial charge in [0.25, 0.3) is 0 Å². The number of hydrogen-bond donors (Lipinski definition) is 1. The molecule has 1 aromatic heterocycles. The summed E-state index contributed by atoms with van der Waals surface area (Å²) in [6, 6.07) is 12.9. The number of nitrogens with zero attached hydrogens (tertiary/aromatic N) is 2. The molecule has 1 amide bonds. The molecule has 0 aliphatic rings. The second-order valence-electron chi connectivity index (χ2n) is 5.78. The van der Waals surface area contributed by atoms with E-state index in [1.165, 1.54) is 7.11 Å². The number of benzene rings is 2. The minimum atomic E-state index is -0.165. The van der Waals surface area contributed by atoms with Gasteiger partial charge in [-0.15, -0.1) is 0 Å². The number of methoxy groups -OCH3 is 1. The topological polar surface area (TPSA) is 77.2 Å². The van der Waals surface area contributed by atoms with Gasteiger partial charge < -0.3 is 14.6 Å². The van der Waals surface area contributed by atoms with E-state index in [-0.39, 0.29) is 12.3 Å². The van der Waals surface area contributed by atoms with Crippen molar-refractivity contribution in [1.29, 1.82) is 0 Å². The fourth-order valence-electron chi connectivity index (χ4n) is 2.45. The Balaban J connectivity index is 1.57. The summed E-state index contributed by atoms with van der Waals surface area (Å²) in [7, 11) is 1.54. The number of aromatic nitrogens is 2. The van der Waals surface area contributed by atoms with Crippen LogP contribution in [-0.2, 0) is 11.2 Å². The zero-order valence-corrected chi connectivity index (χ0v) is 15.2. The van der Waals surface area contributed by atoms with Crippen LogP contribution in [0.25, 0.3) is 11.4 Å². The van der Waals surface area contributed by atoms with Crippen molar-refractivity contribution in [2.24, 2.45) is 0 Å². The minimum absolute atomic E-state index is 0.165. The summed E-state index contributed by atoms with van der Waals surface area (Å²) in [4.78, 5) is 16.4. The lowest BCUT2D eigenvalue weighted by Gasteiger charge is -2.07. The molecule has 0 aliphatic carbocycles. The lowest BCUT2D eigenvalue weighted by atomic mass is 10.1. The maximum absolute atomic E-state index is 12.1. The Hall–Kier alpha value is -2.86. The molecule has 3 aromatic rings. The third-order valence-electron chi connectivity index (χ3n) is 3.75. The Morgan fingerprint density at radius 1 is 1.27 bits per heavy atom. The number of nitrogens with one attached hydrogen (secondary N) is 1. The lowest BCUT2D eigenvalue weighted by molar-refractivity contribution is -0.116. The SMILES string of the molecule is COc1ccc(NC(=O)CCc2nc(-c3cccc(C)c3)no2)cc1Cl. The van der Waals surface area contributed by atoms with Crippen LogP contribution in [0.4, 0.5) is 5.69 Å². The number of aryl methyl sites for hydroxylation is 2. The van der Waals surface area contributed by atoms with E-state index in [0.717, 1.165) is 11.1 Å². The van der Waals surface area contributed by atoms with Crippen molar-refractivity contribution in [1.82, 2.24) is 10.1 Å². The van der Waals surface area contributed by atoms with Crippen LogP contribution >= 0.6 is 11.6 Å². The molecule has 0 saturated heterocycles. The molecule has 0 unspecified atom stereocenters. The van der Waals surface area contributed by atoms with Gasteiger partial charge in [-0.3, -0.25) is 4.79 Å².